The highest BCUT2D eigenvalue weighted by atomic mass is 15.1. The van der Waals surface area contributed by atoms with Crippen LogP contribution in [0.25, 0.3) is 93.8 Å². The van der Waals surface area contributed by atoms with Crippen LogP contribution in [-0.4, -0.2) is 9.55 Å². The van der Waals surface area contributed by atoms with Gasteiger partial charge in [0, 0.05) is 44.2 Å². The highest BCUT2D eigenvalue weighted by molar-refractivity contribution is 6.11. The van der Waals surface area contributed by atoms with Crippen molar-refractivity contribution in [2.45, 2.75) is 0 Å². The Hall–Kier alpha value is -8.53. The molecule has 0 saturated heterocycles. The highest BCUT2D eigenvalue weighted by Crippen LogP contribution is 2.43. The predicted octanol–water partition coefficient (Wildman–Crippen LogP) is 16.6. The standard InChI is InChI=1S/C61H41N3/c1-3-15-42(16-4-1)43-29-34-50(35-30-43)64-60-40-47(31-36-55(60)56-37-32-48(41-61(56)64)58-38-33-45-18-8-12-27-57(45)62-58)53-25-11-10-24-52(53)46-20-13-23-51(39-46)63(49-21-5-2-6-22-49)59-28-14-19-44-17-7-9-26-54(44)59/h1-41H. The maximum absolute atomic E-state index is 5.10. The normalized spacial score (nSPS) is 11.4. The zero-order valence-corrected chi connectivity index (χ0v) is 35.0. The van der Waals surface area contributed by atoms with Crippen molar-refractivity contribution in [2.75, 3.05) is 4.90 Å². The Morgan fingerprint density at radius 1 is 0.328 bits per heavy atom. The second-order valence-corrected chi connectivity index (χ2v) is 16.4. The van der Waals surface area contributed by atoms with Crippen molar-refractivity contribution in [3.63, 3.8) is 0 Å². The smallest absolute Gasteiger partial charge is 0.0710 e. The number of hydrogen-bond donors (Lipinski definition) is 0. The van der Waals surface area contributed by atoms with Crippen LogP contribution in [0.4, 0.5) is 17.1 Å². The third-order valence-electron chi connectivity index (χ3n) is 12.6. The van der Waals surface area contributed by atoms with Gasteiger partial charge in [0.05, 0.1) is 27.9 Å². The first-order valence-electron chi connectivity index (χ1n) is 21.9. The van der Waals surface area contributed by atoms with E-state index in [9.17, 15) is 0 Å². The van der Waals surface area contributed by atoms with Crippen LogP contribution < -0.4 is 4.90 Å². The van der Waals surface area contributed by atoms with Gasteiger partial charge in [0.15, 0.2) is 0 Å². The van der Waals surface area contributed by atoms with E-state index in [0.717, 1.165) is 67.1 Å². The Morgan fingerprint density at radius 2 is 0.875 bits per heavy atom. The molecule has 2 aromatic heterocycles. The number of benzene rings is 10. The topological polar surface area (TPSA) is 21.1 Å². The van der Waals surface area contributed by atoms with E-state index in [1.54, 1.807) is 0 Å². The molecule has 0 fully saturated rings. The fourth-order valence-corrected chi connectivity index (χ4v) is 9.49. The molecule has 300 valence electrons. The molecular formula is C61H41N3. The zero-order valence-electron chi connectivity index (χ0n) is 35.0. The summed E-state index contributed by atoms with van der Waals surface area (Å²) in [6.07, 6.45) is 0. The summed E-state index contributed by atoms with van der Waals surface area (Å²) in [5.74, 6) is 0. The largest absolute Gasteiger partial charge is 0.310 e. The van der Waals surface area contributed by atoms with E-state index in [2.05, 4.69) is 258 Å². The molecular weight excluding hydrogens is 775 g/mol. The van der Waals surface area contributed by atoms with E-state index < -0.39 is 0 Å². The van der Waals surface area contributed by atoms with Crippen molar-refractivity contribution >= 4 is 60.5 Å². The van der Waals surface area contributed by atoms with Crippen LogP contribution in [0.15, 0.2) is 249 Å². The van der Waals surface area contributed by atoms with Crippen LogP contribution in [-0.2, 0) is 0 Å². The summed E-state index contributed by atoms with van der Waals surface area (Å²) in [5, 5.41) is 5.96. The summed E-state index contributed by atoms with van der Waals surface area (Å²) in [6.45, 7) is 0. The van der Waals surface area contributed by atoms with E-state index in [0.29, 0.717) is 0 Å². The second-order valence-electron chi connectivity index (χ2n) is 16.4. The van der Waals surface area contributed by atoms with Gasteiger partial charge in [-0.2, -0.15) is 0 Å². The van der Waals surface area contributed by atoms with E-state index >= 15 is 0 Å². The quantitative estimate of drug-likeness (QED) is 0.152. The number of para-hydroxylation sites is 2. The summed E-state index contributed by atoms with van der Waals surface area (Å²) in [7, 11) is 0. The molecule has 12 aromatic rings. The number of hydrogen-bond acceptors (Lipinski definition) is 2. The van der Waals surface area contributed by atoms with Crippen LogP contribution >= 0.6 is 0 Å². The molecule has 3 heteroatoms. The van der Waals surface area contributed by atoms with E-state index in [1.807, 2.05) is 0 Å². The van der Waals surface area contributed by atoms with Crippen molar-refractivity contribution in [3.05, 3.63) is 249 Å². The first kappa shape index (κ1) is 37.2. The van der Waals surface area contributed by atoms with Gasteiger partial charge in [-0.1, -0.05) is 182 Å². The maximum atomic E-state index is 5.10. The molecule has 3 nitrogen and oxygen atoms in total. The lowest BCUT2D eigenvalue weighted by atomic mass is 9.93. The molecule has 0 radical (unpaired) electrons. The third kappa shape index (κ3) is 6.59. The molecule has 0 saturated carbocycles. The molecule has 0 amide bonds. The van der Waals surface area contributed by atoms with Crippen molar-refractivity contribution < 1.29 is 0 Å². The van der Waals surface area contributed by atoms with Crippen molar-refractivity contribution in [1.82, 2.24) is 9.55 Å². The van der Waals surface area contributed by atoms with Gasteiger partial charge in [0.25, 0.3) is 0 Å². The summed E-state index contributed by atoms with van der Waals surface area (Å²) < 4.78 is 2.43. The van der Waals surface area contributed by atoms with Gasteiger partial charge in [0.2, 0.25) is 0 Å². The summed E-state index contributed by atoms with van der Waals surface area (Å²) >= 11 is 0. The van der Waals surface area contributed by atoms with Gasteiger partial charge in [-0.05, 0) is 105 Å². The highest BCUT2D eigenvalue weighted by Gasteiger charge is 2.19. The van der Waals surface area contributed by atoms with Crippen LogP contribution in [0.5, 0.6) is 0 Å². The Labute approximate surface area is 372 Å². The first-order chi connectivity index (χ1) is 31.7. The molecule has 64 heavy (non-hydrogen) atoms. The van der Waals surface area contributed by atoms with E-state index in [4.69, 9.17) is 4.98 Å². The number of anilines is 3. The number of rotatable bonds is 8. The van der Waals surface area contributed by atoms with Crippen molar-refractivity contribution in [3.8, 4) is 50.3 Å². The Morgan fingerprint density at radius 3 is 1.66 bits per heavy atom. The predicted molar refractivity (Wildman–Crippen MR) is 270 cm³/mol. The summed E-state index contributed by atoms with van der Waals surface area (Å²) in [4.78, 5) is 7.48. The zero-order chi connectivity index (χ0) is 42.4. The number of fused-ring (bicyclic) bond motifs is 5. The van der Waals surface area contributed by atoms with E-state index in [-0.39, 0.29) is 0 Å². The Balaban J connectivity index is 1.01. The molecule has 0 aliphatic carbocycles. The average molecular weight is 816 g/mol. The number of aromatic nitrogens is 2. The lowest BCUT2D eigenvalue weighted by molar-refractivity contribution is 1.18. The SMILES string of the molecule is c1ccc(-c2ccc(-n3c4cc(-c5ccc6ccccc6n5)ccc4c4ccc(-c5ccccc5-c5cccc(N(c6ccccc6)c6cccc7ccccc67)c5)cc43)cc2)cc1. The fraction of sp³-hybridized carbons (Fsp3) is 0. The molecule has 10 aromatic carbocycles. The minimum absolute atomic E-state index is 0.958. The molecule has 12 rings (SSSR count). The molecule has 0 unspecified atom stereocenters. The molecule has 0 bridgehead atoms. The molecule has 0 N–H and O–H groups in total. The van der Waals surface area contributed by atoms with E-state index in [1.165, 1.54) is 43.8 Å². The first-order valence-corrected chi connectivity index (χ1v) is 21.9. The second kappa shape index (κ2) is 15.7. The van der Waals surface area contributed by atoms with Crippen LogP contribution in [0.1, 0.15) is 0 Å². The number of nitrogens with zero attached hydrogens (tertiary/aromatic N) is 3. The monoisotopic (exact) mass is 815 g/mol. The minimum atomic E-state index is 0.958. The van der Waals surface area contributed by atoms with Crippen molar-refractivity contribution in [1.29, 1.82) is 0 Å². The van der Waals surface area contributed by atoms with Gasteiger partial charge in [-0.25, -0.2) is 4.98 Å². The van der Waals surface area contributed by atoms with Crippen LogP contribution in [0, 0.1) is 0 Å². The maximum Gasteiger partial charge on any atom is 0.0710 e. The average Bonchev–Trinajstić information content (AvgIpc) is 3.70. The molecule has 0 aliphatic heterocycles. The minimum Gasteiger partial charge on any atom is -0.310 e. The van der Waals surface area contributed by atoms with Gasteiger partial charge in [-0.15, -0.1) is 0 Å². The Kier molecular flexibility index (Phi) is 9.16. The summed E-state index contributed by atoms with van der Waals surface area (Å²) in [6, 6.07) is 89.6. The molecule has 2 heterocycles. The lowest BCUT2D eigenvalue weighted by Crippen LogP contribution is -2.10. The van der Waals surface area contributed by atoms with Gasteiger partial charge in [-0.3, -0.25) is 0 Å². The van der Waals surface area contributed by atoms with Gasteiger partial charge < -0.3 is 9.47 Å². The van der Waals surface area contributed by atoms with Gasteiger partial charge in [0.1, 0.15) is 0 Å². The molecule has 0 spiro atoms. The third-order valence-corrected chi connectivity index (χ3v) is 12.6. The van der Waals surface area contributed by atoms with Crippen LogP contribution in [0.2, 0.25) is 0 Å². The fourth-order valence-electron chi connectivity index (χ4n) is 9.49. The molecule has 0 aliphatic rings. The lowest BCUT2D eigenvalue weighted by Gasteiger charge is -2.27. The van der Waals surface area contributed by atoms with Gasteiger partial charge >= 0.3 is 0 Å². The van der Waals surface area contributed by atoms with Crippen LogP contribution in [0.3, 0.4) is 0 Å². The summed E-state index contributed by atoms with van der Waals surface area (Å²) in [5.41, 5.74) is 16.8. The Bertz CT molecular complexity index is 3660. The molecule has 0 atom stereocenters. The number of pyridine rings is 1. The van der Waals surface area contributed by atoms with Crippen molar-refractivity contribution in [2.24, 2.45) is 0 Å².